The van der Waals surface area contributed by atoms with Crippen molar-refractivity contribution in [2.24, 2.45) is 0 Å². The van der Waals surface area contributed by atoms with Crippen molar-refractivity contribution in [2.75, 3.05) is 5.73 Å². The molecular weight excluding hydrogens is 268 g/mol. The lowest BCUT2D eigenvalue weighted by Gasteiger charge is -1.98. The number of aromatic nitrogens is 3. The minimum atomic E-state index is 0.765. The fourth-order valence-electron chi connectivity index (χ4n) is 2.07. The van der Waals surface area contributed by atoms with Gasteiger partial charge in [-0.3, -0.25) is 0 Å². The molecule has 5 heteroatoms. The molecule has 0 atom stereocenters. The second-order valence-corrected chi connectivity index (χ2v) is 5.69. The van der Waals surface area contributed by atoms with E-state index in [4.69, 9.17) is 5.73 Å². The van der Waals surface area contributed by atoms with Gasteiger partial charge in [0.1, 0.15) is 10.7 Å². The van der Waals surface area contributed by atoms with Gasteiger partial charge in [0.2, 0.25) is 0 Å². The largest absolute Gasteiger partial charge is 0.389 e. The molecular formula is C15H16N4S. The monoisotopic (exact) mass is 284 g/mol. The van der Waals surface area contributed by atoms with Gasteiger partial charge in [-0.25, -0.2) is 9.67 Å². The van der Waals surface area contributed by atoms with Crippen LogP contribution >= 0.6 is 11.3 Å². The molecule has 102 valence electrons. The third kappa shape index (κ3) is 2.44. The average molecular weight is 284 g/mol. The van der Waals surface area contributed by atoms with Crippen molar-refractivity contribution in [3.63, 3.8) is 0 Å². The maximum Gasteiger partial charge on any atom is 0.114 e. The van der Waals surface area contributed by atoms with Crippen LogP contribution in [0, 0.1) is 0 Å². The Bertz CT molecular complexity index is 700. The Labute approximate surface area is 121 Å². The number of anilines is 1. The number of hydrogen-bond donors (Lipinski definition) is 1. The molecule has 0 aliphatic rings. The summed E-state index contributed by atoms with van der Waals surface area (Å²) in [5.74, 6) is 0. The first-order chi connectivity index (χ1) is 9.78. The molecule has 0 unspecified atom stereocenters. The van der Waals surface area contributed by atoms with Gasteiger partial charge in [-0.1, -0.05) is 25.1 Å². The van der Waals surface area contributed by atoms with E-state index in [1.54, 1.807) is 11.3 Å². The summed E-state index contributed by atoms with van der Waals surface area (Å²) in [6.45, 7) is 2.14. The van der Waals surface area contributed by atoms with Crippen LogP contribution in [0.25, 0.3) is 16.9 Å². The molecule has 0 aliphatic carbocycles. The summed E-state index contributed by atoms with van der Waals surface area (Å²) in [5, 5.41) is 6.24. The van der Waals surface area contributed by atoms with Gasteiger partial charge in [-0.2, -0.15) is 5.10 Å². The Balaban J connectivity index is 1.94. The van der Waals surface area contributed by atoms with Crippen LogP contribution in [-0.2, 0) is 6.42 Å². The van der Waals surface area contributed by atoms with E-state index in [-0.39, 0.29) is 0 Å². The zero-order valence-electron chi connectivity index (χ0n) is 11.3. The third-order valence-corrected chi connectivity index (χ3v) is 3.98. The van der Waals surface area contributed by atoms with Crippen molar-refractivity contribution in [2.45, 2.75) is 19.8 Å². The Hall–Kier alpha value is -2.14. The van der Waals surface area contributed by atoms with E-state index >= 15 is 0 Å². The van der Waals surface area contributed by atoms with Gasteiger partial charge in [0.15, 0.2) is 0 Å². The lowest BCUT2D eigenvalue weighted by molar-refractivity contribution is 0.880. The number of hydrogen-bond acceptors (Lipinski definition) is 4. The van der Waals surface area contributed by atoms with Gasteiger partial charge >= 0.3 is 0 Å². The van der Waals surface area contributed by atoms with Crippen LogP contribution < -0.4 is 5.73 Å². The van der Waals surface area contributed by atoms with Gasteiger partial charge in [0.25, 0.3) is 0 Å². The Morgan fingerprint density at radius 3 is 2.80 bits per heavy atom. The smallest absolute Gasteiger partial charge is 0.114 e. The first-order valence-electron chi connectivity index (χ1n) is 6.63. The maximum absolute atomic E-state index is 6.07. The van der Waals surface area contributed by atoms with Crippen LogP contribution in [-0.4, -0.2) is 14.8 Å². The summed E-state index contributed by atoms with van der Waals surface area (Å²) in [4.78, 5) is 4.62. The topological polar surface area (TPSA) is 56.7 Å². The zero-order chi connectivity index (χ0) is 13.9. The van der Waals surface area contributed by atoms with Crippen molar-refractivity contribution in [1.29, 1.82) is 0 Å². The summed E-state index contributed by atoms with van der Waals surface area (Å²) < 4.78 is 1.84. The van der Waals surface area contributed by atoms with E-state index in [1.807, 2.05) is 47.4 Å². The molecule has 0 saturated carbocycles. The molecule has 4 nitrogen and oxygen atoms in total. The second-order valence-electron chi connectivity index (χ2n) is 4.58. The van der Waals surface area contributed by atoms with Gasteiger partial charge < -0.3 is 5.73 Å². The first kappa shape index (κ1) is 12.9. The molecule has 0 spiro atoms. The lowest BCUT2D eigenvalue weighted by Crippen LogP contribution is -1.92. The Morgan fingerprint density at radius 2 is 2.05 bits per heavy atom. The van der Waals surface area contributed by atoms with Crippen molar-refractivity contribution in [1.82, 2.24) is 14.8 Å². The number of benzene rings is 1. The molecule has 0 aliphatic heterocycles. The molecule has 3 rings (SSSR count). The standard InChI is InChI=1S/C15H16N4S/c1-2-6-13-18-14(15(16)20-13)11-9-17-19(10-11)12-7-4-3-5-8-12/h3-5,7-10H,2,6,16H2,1H3. The van der Waals surface area contributed by atoms with E-state index in [0.717, 1.165) is 39.8 Å². The molecule has 3 aromatic rings. The van der Waals surface area contributed by atoms with E-state index < -0.39 is 0 Å². The van der Waals surface area contributed by atoms with Gasteiger partial charge in [0, 0.05) is 11.8 Å². The minimum absolute atomic E-state index is 0.765. The van der Waals surface area contributed by atoms with Gasteiger partial charge in [-0.15, -0.1) is 11.3 Å². The maximum atomic E-state index is 6.07. The van der Waals surface area contributed by atoms with Gasteiger partial charge in [0.05, 0.1) is 16.9 Å². The highest BCUT2D eigenvalue weighted by atomic mass is 32.1. The lowest BCUT2D eigenvalue weighted by atomic mass is 10.2. The van der Waals surface area contributed by atoms with Crippen LogP contribution in [0.15, 0.2) is 42.7 Å². The number of nitrogen functional groups attached to an aromatic ring is 1. The number of rotatable bonds is 4. The summed E-state index contributed by atoms with van der Waals surface area (Å²) in [5.41, 5.74) is 8.91. The summed E-state index contributed by atoms with van der Waals surface area (Å²) in [6.07, 6.45) is 5.84. The van der Waals surface area contributed by atoms with Gasteiger partial charge in [-0.05, 0) is 25.0 Å². The molecule has 2 N–H and O–H groups in total. The minimum Gasteiger partial charge on any atom is -0.389 e. The van der Waals surface area contributed by atoms with Crippen LogP contribution in [0.5, 0.6) is 0 Å². The first-order valence-corrected chi connectivity index (χ1v) is 7.45. The van der Waals surface area contributed by atoms with Crippen molar-refractivity contribution >= 4 is 16.3 Å². The number of para-hydroxylation sites is 1. The predicted octanol–water partition coefficient (Wildman–Crippen LogP) is 3.53. The SMILES string of the molecule is CCCc1nc(-c2cnn(-c3ccccc3)c2)c(N)s1. The molecule has 0 saturated heterocycles. The summed E-state index contributed by atoms with van der Waals surface area (Å²) in [6, 6.07) is 10.0. The van der Waals surface area contributed by atoms with Crippen molar-refractivity contribution in [3.8, 4) is 16.9 Å². The molecule has 2 heterocycles. The fraction of sp³-hybridized carbons (Fsp3) is 0.200. The number of nitrogens with two attached hydrogens (primary N) is 1. The zero-order valence-corrected chi connectivity index (χ0v) is 12.1. The predicted molar refractivity (Wildman–Crippen MR) is 83.1 cm³/mol. The van der Waals surface area contributed by atoms with Crippen LogP contribution in [0.1, 0.15) is 18.4 Å². The molecule has 0 radical (unpaired) electrons. The molecule has 0 fully saturated rings. The van der Waals surface area contributed by atoms with Crippen molar-refractivity contribution in [3.05, 3.63) is 47.7 Å². The quantitative estimate of drug-likeness (QED) is 0.797. The fourth-order valence-corrected chi connectivity index (χ4v) is 3.03. The average Bonchev–Trinajstić information content (AvgIpc) is 3.07. The number of nitrogens with zero attached hydrogens (tertiary/aromatic N) is 3. The molecule has 2 aromatic heterocycles. The number of aryl methyl sites for hydroxylation is 1. The summed E-state index contributed by atoms with van der Waals surface area (Å²) in [7, 11) is 0. The van der Waals surface area contributed by atoms with Crippen LogP contribution in [0.3, 0.4) is 0 Å². The Kier molecular flexibility index (Phi) is 3.52. The molecule has 0 bridgehead atoms. The Morgan fingerprint density at radius 1 is 1.25 bits per heavy atom. The second kappa shape index (κ2) is 5.46. The third-order valence-electron chi connectivity index (χ3n) is 3.04. The molecule has 1 aromatic carbocycles. The highest BCUT2D eigenvalue weighted by Crippen LogP contribution is 2.31. The highest BCUT2D eigenvalue weighted by molar-refractivity contribution is 7.16. The summed E-state index contributed by atoms with van der Waals surface area (Å²) >= 11 is 1.57. The number of thiazole rings is 1. The highest BCUT2D eigenvalue weighted by Gasteiger charge is 2.12. The van der Waals surface area contributed by atoms with Crippen molar-refractivity contribution < 1.29 is 0 Å². The van der Waals surface area contributed by atoms with E-state index in [2.05, 4.69) is 17.0 Å². The van der Waals surface area contributed by atoms with Crippen LogP contribution in [0.2, 0.25) is 0 Å². The van der Waals surface area contributed by atoms with E-state index in [0.29, 0.717) is 0 Å². The normalized spacial score (nSPS) is 10.8. The van der Waals surface area contributed by atoms with E-state index in [9.17, 15) is 0 Å². The van der Waals surface area contributed by atoms with E-state index in [1.165, 1.54) is 0 Å². The molecule has 0 amide bonds. The molecule has 20 heavy (non-hydrogen) atoms. The van der Waals surface area contributed by atoms with Crippen LogP contribution in [0.4, 0.5) is 5.00 Å².